The first-order valence-corrected chi connectivity index (χ1v) is 14.6. The molecule has 1 unspecified atom stereocenters. The molecule has 0 saturated carbocycles. The molecule has 40 heavy (non-hydrogen) atoms. The molecule has 0 amide bonds. The Morgan fingerprint density at radius 2 is 1.32 bits per heavy atom. The molecule has 1 atom stereocenters. The number of aliphatic hydroxyl groups excluding tert-OH is 1. The van der Waals surface area contributed by atoms with Gasteiger partial charge < -0.3 is 24.8 Å². The number of para-hydroxylation sites is 3. The lowest BCUT2D eigenvalue weighted by Crippen LogP contribution is -2.46. The molecule has 6 rings (SSSR count). The third kappa shape index (κ3) is 7.21. The number of benzene rings is 3. The van der Waals surface area contributed by atoms with E-state index in [1.165, 1.54) is 21.8 Å². The van der Waals surface area contributed by atoms with Gasteiger partial charge in [0, 0.05) is 80.7 Å². The van der Waals surface area contributed by atoms with Crippen LogP contribution in [-0.2, 0) is 6.54 Å². The number of fused-ring (bicyclic) bond motifs is 3. The molecule has 0 aliphatic carbocycles. The number of aliphatic hydroxyl groups is 1. The van der Waals surface area contributed by atoms with Crippen molar-refractivity contribution in [2.24, 2.45) is 0 Å². The Hall–Kier alpha value is -3.41. The summed E-state index contributed by atoms with van der Waals surface area (Å²) in [6.45, 7) is 13.6. The van der Waals surface area contributed by atoms with E-state index in [0.717, 1.165) is 70.2 Å². The number of nitrogens with zero attached hydrogens (tertiary/aromatic N) is 5. The number of anilines is 1. The van der Waals surface area contributed by atoms with Gasteiger partial charge in [-0.15, -0.1) is 0 Å². The molecule has 7 heteroatoms. The fourth-order valence-corrected chi connectivity index (χ4v) is 5.55. The number of β-amino-alcohol motifs (C(OH)–C–C–N with tert-alkyl or cyclic N) is 1. The second kappa shape index (κ2) is 14.8. The summed E-state index contributed by atoms with van der Waals surface area (Å²) in [4.78, 5) is 6.94. The fourth-order valence-electron chi connectivity index (χ4n) is 5.55. The highest BCUT2D eigenvalue weighted by atomic mass is 16.3. The molecule has 7 nitrogen and oxygen atoms in total. The molecule has 2 saturated heterocycles. The van der Waals surface area contributed by atoms with Gasteiger partial charge in [-0.1, -0.05) is 62.4 Å². The minimum Gasteiger partial charge on any atom is -0.390 e. The molecule has 2 N–H and O–H groups in total. The maximum atomic E-state index is 10.6. The summed E-state index contributed by atoms with van der Waals surface area (Å²) in [5, 5.41) is 25.5. The van der Waals surface area contributed by atoms with E-state index in [4.69, 9.17) is 5.26 Å². The average Bonchev–Trinajstić information content (AvgIpc) is 3.33. The molecule has 3 aromatic carbocycles. The minimum absolute atomic E-state index is 0.354. The summed E-state index contributed by atoms with van der Waals surface area (Å²) in [7, 11) is 2.13. The van der Waals surface area contributed by atoms with Crippen molar-refractivity contribution in [1.29, 1.82) is 5.26 Å². The number of hydrogen-bond donors (Lipinski definition) is 2. The Morgan fingerprint density at radius 3 is 1.93 bits per heavy atom. The molecular formula is C33H44N6O. The van der Waals surface area contributed by atoms with Crippen LogP contribution in [0.2, 0.25) is 0 Å². The van der Waals surface area contributed by atoms with Gasteiger partial charge in [0.1, 0.15) is 6.07 Å². The van der Waals surface area contributed by atoms with E-state index in [-0.39, 0.29) is 6.10 Å². The number of rotatable bonds is 5. The first kappa shape index (κ1) is 29.6. The highest BCUT2D eigenvalue weighted by molar-refractivity contribution is 6.07. The topological polar surface area (TPSA) is 70.7 Å². The van der Waals surface area contributed by atoms with Gasteiger partial charge in [-0.25, -0.2) is 0 Å². The van der Waals surface area contributed by atoms with Gasteiger partial charge in [0.25, 0.3) is 0 Å². The Kier molecular flexibility index (Phi) is 11.0. The Morgan fingerprint density at radius 1 is 0.775 bits per heavy atom. The normalized spacial score (nSPS) is 16.9. The van der Waals surface area contributed by atoms with Gasteiger partial charge >= 0.3 is 0 Å². The van der Waals surface area contributed by atoms with E-state index in [2.05, 4.69) is 86.2 Å². The SMILES string of the molecule is CC.CN1CCN(c2ccccc2C#N)CC1.OC(CN1CCNCC1)Cn1c2ccccc2c2ccccc21. The monoisotopic (exact) mass is 540 g/mol. The predicted octanol–water partition coefficient (Wildman–Crippen LogP) is 4.40. The summed E-state index contributed by atoms with van der Waals surface area (Å²) in [6, 6.07) is 27.0. The van der Waals surface area contributed by atoms with Crippen molar-refractivity contribution in [2.75, 3.05) is 70.9 Å². The molecule has 0 radical (unpaired) electrons. The fraction of sp³-hybridized carbons (Fsp3) is 0.424. The van der Waals surface area contributed by atoms with Crippen molar-refractivity contribution in [1.82, 2.24) is 19.7 Å². The lowest BCUT2D eigenvalue weighted by molar-refractivity contribution is 0.0936. The summed E-state index contributed by atoms with van der Waals surface area (Å²) in [5.74, 6) is 0. The van der Waals surface area contributed by atoms with Gasteiger partial charge in [0.15, 0.2) is 0 Å². The zero-order valence-corrected chi connectivity index (χ0v) is 24.3. The van der Waals surface area contributed by atoms with Crippen LogP contribution in [0, 0.1) is 11.3 Å². The molecule has 4 aromatic rings. The van der Waals surface area contributed by atoms with Crippen LogP contribution in [0.3, 0.4) is 0 Å². The van der Waals surface area contributed by atoms with Crippen molar-refractivity contribution >= 4 is 27.5 Å². The number of nitrogens with one attached hydrogen (secondary N) is 1. The lowest BCUT2D eigenvalue weighted by atomic mass is 10.1. The molecule has 2 aliphatic rings. The average molecular weight is 541 g/mol. The van der Waals surface area contributed by atoms with E-state index in [1.807, 2.05) is 38.1 Å². The van der Waals surface area contributed by atoms with Crippen molar-refractivity contribution in [3.63, 3.8) is 0 Å². The third-order valence-electron chi connectivity index (χ3n) is 7.62. The van der Waals surface area contributed by atoms with Crippen molar-refractivity contribution in [2.45, 2.75) is 26.5 Å². The first-order valence-electron chi connectivity index (χ1n) is 14.6. The second-order valence-electron chi connectivity index (χ2n) is 10.3. The molecule has 212 valence electrons. The zero-order valence-electron chi connectivity index (χ0n) is 24.3. The molecule has 1 aromatic heterocycles. The van der Waals surface area contributed by atoms with E-state index in [9.17, 15) is 5.11 Å². The van der Waals surface area contributed by atoms with Crippen molar-refractivity contribution in [3.05, 3.63) is 78.4 Å². The quantitative estimate of drug-likeness (QED) is 0.391. The second-order valence-corrected chi connectivity index (χ2v) is 10.3. The summed E-state index contributed by atoms with van der Waals surface area (Å²) >= 11 is 0. The molecule has 0 bridgehead atoms. The van der Waals surface area contributed by atoms with Gasteiger partial charge in [0.2, 0.25) is 0 Å². The van der Waals surface area contributed by atoms with Crippen LogP contribution in [0.1, 0.15) is 19.4 Å². The molecule has 3 heterocycles. The van der Waals surface area contributed by atoms with Gasteiger partial charge in [0.05, 0.1) is 23.9 Å². The van der Waals surface area contributed by atoms with Crippen LogP contribution in [0.15, 0.2) is 72.8 Å². The summed E-state index contributed by atoms with van der Waals surface area (Å²) in [6.07, 6.45) is -0.354. The van der Waals surface area contributed by atoms with Crippen LogP contribution in [0.5, 0.6) is 0 Å². The first-order chi connectivity index (χ1) is 19.6. The number of piperazine rings is 2. The smallest absolute Gasteiger partial charge is 0.101 e. The third-order valence-corrected chi connectivity index (χ3v) is 7.62. The zero-order chi connectivity index (χ0) is 28.3. The molecule has 2 aliphatic heterocycles. The Labute approximate surface area is 239 Å². The van der Waals surface area contributed by atoms with Gasteiger partial charge in [-0.05, 0) is 31.3 Å². The number of aromatic nitrogens is 1. The van der Waals surface area contributed by atoms with E-state index in [0.29, 0.717) is 6.54 Å². The largest absolute Gasteiger partial charge is 0.390 e. The Bertz CT molecular complexity index is 1330. The van der Waals surface area contributed by atoms with E-state index < -0.39 is 0 Å². The standard InChI is InChI=1S/C19H23N3O.C12H15N3.C2H6/c23-15(13-21-11-9-20-10-12-21)14-22-18-7-3-1-5-16(18)17-6-2-4-8-19(17)22;1-14-6-8-15(9-7-14)12-5-3-2-4-11(12)10-13;1-2/h1-8,15,20,23H,9-14H2;2-5H,6-9H2,1H3;1-2H3. The van der Waals surface area contributed by atoms with Crippen LogP contribution < -0.4 is 10.2 Å². The molecule has 0 spiro atoms. The number of hydrogen-bond acceptors (Lipinski definition) is 6. The van der Waals surface area contributed by atoms with Crippen LogP contribution >= 0.6 is 0 Å². The molecular weight excluding hydrogens is 496 g/mol. The van der Waals surface area contributed by atoms with Crippen LogP contribution in [0.4, 0.5) is 5.69 Å². The maximum Gasteiger partial charge on any atom is 0.101 e. The molecule has 2 fully saturated rings. The Balaban J connectivity index is 0.000000189. The minimum atomic E-state index is -0.354. The van der Waals surface area contributed by atoms with Crippen molar-refractivity contribution in [3.8, 4) is 6.07 Å². The highest BCUT2D eigenvalue weighted by Crippen LogP contribution is 2.29. The highest BCUT2D eigenvalue weighted by Gasteiger charge is 2.18. The van der Waals surface area contributed by atoms with Crippen molar-refractivity contribution < 1.29 is 5.11 Å². The van der Waals surface area contributed by atoms with Crippen LogP contribution in [-0.4, -0.2) is 91.5 Å². The van der Waals surface area contributed by atoms with Gasteiger partial charge in [-0.2, -0.15) is 5.26 Å². The maximum absolute atomic E-state index is 10.6. The summed E-state index contributed by atoms with van der Waals surface area (Å²) in [5.41, 5.74) is 4.26. The lowest BCUT2D eigenvalue weighted by Gasteiger charge is -2.34. The number of nitriles is 1. The van der Waals surface area contributed by atoms with E-state index >= 15 is 0 Å². The van der Waals surface area contributed by atoms with Crippen LogP contribution in [0.25, 0.3) is 21.8 Å². The van der Waals surface area contributed by atoms with Gasteiger partial charge in [-0.3, -0.25) is 4.90 Å². The summed E-state index contributed by atoms with van der Waals surface area (Å²) < 4.78 is 2.26. The predicted molar refractivity (Wildman–Crippen MR) is 167 cm³/mol. The number of likely N-dealkylation sites (N-methyl/N-ethyl adjacent to an activating group) is 1. The van der Waals surface area contributed by atoms with E-state index in [1.54, 1.807) is 0 Å².